The highest BCUT2D eigenvalue weighted by Gasteiger charge is 2.15. The molecule has 17 heavy (non-hydrogen) atoms. The summed E-state index contributed by atoms with van der Waals surface area (Å²) in [6.07, 6.45) is 3.31. The molecular formula is C12H28IN3S. The van der Waals surface area contributed by atoms with E-state index in [2.05, 4.69) is 49.6 Å². The molecule has 2 N–H and O–H groups in total. The molecule has 0 atom stereocenters. The molecule has 0 rings (SSSR count). The first kappa shape index (κ1) is 19.7. The summed E-state index contributed by atoms with van der Waals surface area (Å²) in [4.78, 5) is 4.21. The highest BCUT2D eigenvalue weighted by atomic mass is 127. The zero-order valence-electron chi connectivity index (χ0n) is 12.0. The number of hydrogen-bond donors (Lipinski definition) is 2. The molecule has 0 saturated carbocycles. The number of aliphatic imine (C=N–C) groups is 1. The van der Waals surface area contributed by atoms with Gasteiger partial charge in [-0.05, 0) is 32.4 Å². The van der Waals surface area contributed by atoms with Gasteiger partial charge in [0.15, 0.2) is 5.96 Å². The average Bonchev–Trinajstić information content (AvgIpc) is 2.22. The van der Waals surface area contributed by atoms with Gasteiger partial charge in [0, 0.05) is 24.9 Å². The molecule has 0 bridgehead atoms. The lowest BCUT2D eigenvalue weighted by molar-refractivity contribution is 0.571. The maximum Gasteiger partial charge on any atom is 0.191 e. The molecule has 0 aromatic rings. The molecule has 3 nitrogen and oxygen atoms in total. The molecule has 0 saturated heterocycles. The van der Waals surface area contributed by atoms with Crippen LogP contribution in [0.1, 0.15) is 34.1 Å². The number of guanidine groups is 1. The number of hydrogen-bond acceptors (Lipinski definition) is 2. The Bertz CT molecular complexity index is 218. The first-order chi connectivity index (χ1) is 7.41. The van der Waals surface area contributed by atoms with E-state index in [1.54, 1.807) is 0 Å². The molecule has 0 amide bonds. The maximum atomic E-state index is 4.21. The Labute approximate surface area is 128 Å². The number of thioether (sulfide) groups is 1. The van der Waals surface area contributed by atoms with Crippen LogP contribution in [0.5, 0.6) is 0 Å². The highest BCUT2D eigenvalue weighted by molar-refractivity contribution is 14.0. The van der Waals surface area contributed by atoms with Crippen LogP contribution in [0.15, 0.2) is 4.99 Å². The van der Waals surface area contributed by atoms with Crippen LogP contribution in [0.4, 0.5) is 0 Å². The van der Waals surface area contributed by atoms with Crippen molar-refractivity contribution in [2.75, 3.05) is 26.4 Å². The Kier molecular flexibility index (Phi) is 11.9. The largest absolute Gasteiger partial charge is 0.356 e. The van der Waals surface area contributed by atoms with Crippen molar-refractivity contribution >= 4 is 41.7 Å². The third kappa shape index (κ3) is 11.2. The van der Waals surface area contributed by atoms with Crippen LogP contribution < -0.4 is 10.6 Å². The Hall–Kier alpha value is 0.350. The van der Waals surface area contributed by atoms with Crippen molar-refractivity contribution in [3.8, 4) is 0 Å². The summed E-state index contributed by atoms with van der Waals surface area (Å²) in [5.74, 6) is 1.64. The Morgan fingerprint density at radius 3 is 2.29 bits per heavy atom. The summed E-state index contributed by atoms with van der Waals surface area (Å²) in [5.41, 5.74) is 0. The second kappa shape index (κ2) is 10.3. The van der Waals surface area contributed by atoms with Gasteiger partial charge in [-0.3, -0.25) is 4.99 Å². The van der Waals surface area contributed by atoms with Crippen molar-refractivity contribution in [3.63, 3.8) is 0 Å². The summed E-state index contributed by atoms with van der Waals surface area (Å²) < 4.78 is 0.246. The van der Waals surface area contributed by atoms with Gasteiger partial charge in [0.25, 0.3) is 0 Å². The van der Waals surface area contributed by atoms with Crippen molar-refractivity contribution in [2.24, 2.45) is 10.9 Å². The molecule has 0 fully saturated rings. The van der Waals surface area contributed by atoms with Gasteiger partial charge in [0.1, 0.15) is 0 Å². The van der Waals surface area contributed by atoms with Crippen molar-refractivity contribution in [1.29, 1.82) is 0 Å². The molecule has 0 unspecified atom stereocenters. The van der Waals surface area contributed by atoms with Crippen LogP contribution >= 0.6 is 35.7 Å². The van der Waals surface area contributed by atoms with E-state index < -0.39 is 0 Å². The highest BCUT2D eigenvalue weighted by Crippen LogP contribution is 2.19. The molecule has 5 heteroatoms. The minimum Gasteiger partial charge on any atom is -0.356 e. The van der Waals surface area contributed by atoms with Gasteiger partial charge in [-0.25, -0.2) is 0 Å². The lowest BCUT2D eigenvalue weighted by Gasteiger charge is -2.23. The SMILES string of the molecule is CN=C(NCCC(C)C)NCC(C)(C)SC.I. The maximum absolute atomic E-state index is 4.21. The predicted octanol–water partition coefficient (Wildman–Crippen LogP) is 2.96. The second-order valence-corrected chi connectivity index (χ2v) is 6.51. The standard InChI is InChI=1S/C12H27N3S.HI/c1-10(2)7-8-14-11(13-5)15-9-12(3,4)16-6;/h10H,7-9H2,1-6H3,(H2,13,14,15);1H. The summed E-state index contributed by atoms with van der Waals surface area (Å²) in [6.45, 7) is 10.8. The molecule has 0 heterocycles. The fourth-order valence-corrected chi connectivity index (χ4v) is 1.29. The van der Waals surface area contributed by atoms with E-state index in [1.807, 2.05) is 18.8 Å². The number of nitrogens with zero attached hydrogens (tertiary/aromatic N) is 1. The van der Waals surface area contributed by atoms with Crippen LogP contribution in [-0.2, 0) is 0 Å². The monoisotopic (exact) mass is 373 g/mol. The smallest absolute Gasteiger partial charge is 0.191 e. The quantitative estimate of drug-likeness (QED) is 0.427. The van der Waals surface area contributed by atoms with Crippen LogP contribution in [0.3, 0.4) is 0 Å². The molecule has 104 valence electrons. The lowest BCUT2D eigenvalue weighted by atomic mass is 10.1. The average molecular weight is 373 g/mol. The normalized spacial score (nSPS) is 12.3. The van der Waals surface area contributed by atoms with Crippen LogP contribution in [0.25, 0.3) is 0 Å². The van der Waals surface area contributed by atoms with Gasteiger partial charge in [0.05, 0.1) is 0 Å². The topological polar surface area (TPSA) is 36.4 Å². The molecule has 0 aromatic heterocycles. The molecule has 0 aliphatic rings. The molecule has 0 aromatic carbocycles. The van der Waals surface area contributed by atoms with Crippen molar-refractivity contribution in [1.82, 2.24) is 10.6 Å². The number of halogens is 1. The second-order valence-electron chi connectivity index (χ2n) is 5.00. The fraction of sp³-hybridized carbons (Fsp3) is 0.917. The first-order valence-electron chi connectivity index (χ1n) is 5.91. The van der Waals surface area contributed by atoms with Gasteiger partial charge >= 0.3 is 0 Å². The van der Waals surface area contributed by atoms with E-state index in [9.17, 15) is 0 Å². The number of rotatable bonds is 6. The van der Waals surface area contributed by atoms with Crippen molar-refractivity contribution in [3.05, 3.63) is 0 Å². The van der Waals surface area contributed by atoms with Gasteiger partial charge < -0.3 is 10.6 Å². The van der Waals surface area contributed by atoms with E-state index in [-0.39, 0.29) is 28.7 Å². The van der Waals surface area contributed by atoms with Crippen LogP contribution in [0.2, 0.25) is 0 Å². The molecular weight excluding hydrogens is 345 g/mol. The lowest BCUT2D eigenvalue weighted by Crippen LogP contribution is -2.43. The minimum atomic E-state index is 0. The number of nitrogens with one attached hydrogen (secondary N) is 2. The van der Waals surface area contributed by atoms with E-state index >= 15 is 0 Å². The van der Waals surface area contributed by atoms with Crippen molar-refractivity contribution < 1.29 is 0 Å². The summed E-state index contributed by atoms with van der Waals surface area (Å²) in [6, 6.07) is 0. The Morgan fingerprint density at radius 2 is 1.88 bits per heavy atom. The molecule has 0 aliphatic carbocycles. The zero-order chi connectivity index (χ0) is 12.6. The summed E-state index contributed by atoms with van der Waals surface area (Å²) in [7, 11) is 1.82. The van der Waals surface area contributed by atoms with E-state index in [4.69, 9.17) is 0 Å². The van der Waals surface area contributed by atoms with E-state index in [0.717, 1.165) is 25.0 Å². The Morgan fingerprint density at radius 1 is 1.29 bits per heavy atom. The van der Waals surface area contributed by atoms with Crippen molar-refractivity contribution in [2.45, 2.75) is 38.9 Å². The van der Waals surface area contributed by atoms with Crippen LogP contribution in [-0.4, -0.2) is 37.1 Å². The minimum absolute atomic E-state index is 0. The molecule has 0 radical (unpaired) electrons. The zero-order valence-corrected chi connectivity index (χ0v) is 15.1. The van der Waals surface area contributed by atoms with Gasteiger partial charge in [-0.2, -0.15) is 11.8 Å². The summed E-state index contributed by atoms with van der Waals surface area (Å²) in [5, 5.41) is 6.68. The van der Waals surface area contributed by atoms with Crippen LogP contribution in [0, 0.1) is 5.92 Å². The third-order valence-electron chi connectivity index (χ3n) is 2.47. The third-order valence-corrected chi connectivity index (χ3v) is 3.72. The van der Waals surface area contributed by atoms with E-state index in [0.29, 0.717) is 0 Å². The Balaban J connectivity index is 0. The predicted molar refractivity (Wildman–Crippen MR) is 91.8 cm³/mol. The van der Waals surface area contributed by atoms with E-state index in [1.165, 1.54) is 6.42 Å². The molecule has 0 spiro atoms. The first-order valence-corrected chi connectivity index (χ1v) is 7.13. The van der Waals surface area contributed by atoms with Gasteiger partial charge in [-0.1, -0.05) is 13.8 Å². The summed E-state index contributed by atoms with van der Waals surface area (Å²) >= 11 is 1.86. The fourth-order valence-electron chi connectivity index (χ4n) is 1.07. The molecule has 0 aliphatic heterocycles. The van der Waals surface area contributed by atoms with Gasteiger partial charge in [0.2, 0.25) is 0 Å². The van der Waals surface area contributed by atoms with Gasteiger partial charge in [-0.15, -0.1) is 24.0 Å².